The molecule has 0 bridgehead atoms. The van der Waals surface area contributed by atoms with Gasteiger partial charge < -0.3 is 10.6 Å². The summed E-state index contributed by atoms with van der Waals surface area (Å²) in [7, 11) is -1.92. The van der Waals surface area contributed by atoms with Gasteiger partial charge in [0.25, 0.3) is 10.0 Å². The first-order chi connectivity index (χ1) is 11.4. The van der Waals surface area contributed by atoms with Crippen molar-refractivity contribution >= 4 is 21.5 Å². The van der Waals surface area contributed by atoms with Crippen molar-refractivity contribution in [1.29, 1.82) is 0 Å². The molecule has 0 radical (unpaired) electrons. The largest absolute Gasteiger partial charge is 0.366 e. The molecule has 3 heterocycles. The van der Waals surface area contributed by atoms with Crippen LogP contribution in [0.5, 0.6) is 0 Å². The zero-order valence-corrected chi connectivity index (χ0v) is 14.8. The lowest BCUT2D eigenvalue weighted by Gasteiger charge is -2.13. The first-order valence-electron chi connectivity index (χ1n) is 7.83. The van der Waals surface area contributed by atoms with Crippen molar-refractivity contribution < 1.29 is 8.42 Å². The number of aryl methyl sites for hydroxylation is 2. The Morgan fingerprint density at radius 1 is 1.33 bits per heavy atom. The number of hydrogen-bond donors (Lipinski definition) is 3. The van der Waals surface area contributed by atoms with Gasteiger partial charge in [-0.2, -0.15) is 5.10 Å². The minimum absolute atomic E-state index is 0.125. The van der Waals surface area contributed by atoms with Crippen molar-refractivity contribution in [3.05, 3.63) is 29.7 Å². The van der Waals surface area contributed by atoms with Crippen molar-refractivity contribution in [1.82, 2.24) is 20.1 Å². The summed E-state index contributed by atoms with van der Waals surface area (Å²) in [6.07, 6.45) is 2.40. The number of pyridine rings is 1. The number of anilines is 2. The maximum absolute atomic E-state index is 12.6. The minimum atomic E-state index is -3.69. The summed E-state index contributed by atoms with van der Waals surface area (Å²) in [5.41, 5.74) is 1.91. The molecule has 1 aliphatic heterocycles. The SMILES string of the molecule is Cc1nn(C)c(C)c1NS(=O)(=O)c1ccc(NC2CCNC2)nc1. The summed E-state index contributed by atoms with van der Waals surface area (Å²) >= 11 is 0. The third-order valence-electron chi connectivity index (χ3n) is 4.20. The monoisotopic (exact) mass is 350 g/mol. The van der Waals surface area contributed by atoms with E-state index in [1.165, 1.54) is 6.20 Å². The fraction of sp³-hybridized carbons (Fsp3) is 0.467. The normalized spacial score (nSPS) is 17.9. The van der Waals surface area contributed by atoms with Crippen LogP contribution in [0.25, 0.3) is 0 Å². The van der Waals surface area contributed by atoms with E-state index in [-0.39, 0.29) is 4.90 Å². The molecule has 3 rings (SSSR count). The van der Waals surface area contributed by atoms with E-state index in [4.69, 9.17) is 0 Å². The molecule has 0 saturated carbocycles. The fourth-order valence-electron chi connectivity index (χ4n) is 2.73. The molecule has 2 aromatic heterocycles. The third-order valence-corrected chi connectivity index (χ3v) is 5.54. The van der Waals surface area contributed by atoms with Crippen LogP contribution >= 0.6 is 0 Å². The van der Waals surface area contributed by atoms with Gasteiger partial charge in [0, 0.05) is 25.8 Å². The fourth-order valence-corrected chi connectivity index (χ4v) is 3.85. The lowest BCUT2D eigenvalue weighted by molar-refractivity contribution is 0.600. The quantitative estimate of drug-likeness (QED) is 0.744. The van der Waals surface area contributed by atoms with E-state index in [9.17, 15) is 8.42 Å². The van der Waals surface area contributed by atoms with Crippen LogP contribution in [0, 0.1) is 13.8 Å². The lowest BCUT2D eigenvalue weighted by Crippen LogP contribution is -2.22. The maximum Gasteiger partial charge on any atom is 0.263 e. The summed E-state index contributed by atoms with van der Waals surface area (Å²) in [4.78, 5) is 4.35. The number of hydrogen-bond acceptors (Lipinski definition) is 6. The molecule has 0 aliphatic carbocycles. The highest BCUT2D eigenvalue weighted by Gasteiger charge is 2.20. The number of rotatable bonds is 5. The molecule has 130 valence electrons. The van der Waals surface area contributed by atoms with Gasteiger partial charge in [0.05, 0.1) is 17.1 Å². The Labute approximate surface area is 141 Å². The average molecular weight is 350 g/mol. The summed E-state index contributed by atoms with van der Waals surface area (Å²) in [6.45, 7) is 5.46. The molecule has 24 heavy (non-hydrogen) atoms. The van der Waals surface area contributed by atoms with Crippen molar-refractivity contribution in [3.63, 3.8) is 0 Å². The Balaban J connectivity index is 1.76. The second kappa shape index (κ2) is 6.40. The highest BCUT2D eigenvalue weighted by atomic mass is 32.2. The van der Waals surface area contributed by atoms with E-state index in [2.05, 4.69) is 25.4 Å². The minimum Gasteiger partial charge on any atom is -0.366 e. The van der Waals surface area contributed by atoms with E-state index >= 15 is 0 Å². The van der Waals surface area contributed by atoms with Gasteiger partial charge in [-0.15, -0.1) is 0 Å². The van der Waals surface area contributed by atoms with E-state index in [1.807, 2.05) is 6.92 Å². The molecular formula is C15H22N6O2S. The van der Waals surface area contributed by atoms with Crippen LogP contribution in [0.3, 0.4) is 0 Å². The summed E-state index contributed by atoms with van der Waals surface area (Å²) in [5, 5.41) is 10.8. The van der Waals surface area contributed by atoms with Crippen LogP contribution in [0.1, 0.15) is 17.8 Å². The van der Waals surface area contributed by atoms with E-state index in [0.29, 0.717) is 23.2 Å². The van der Waals surface area contributed by atoms with Crippen molar-refractivity contribution in [2.24, 2.45) is 7.05 Å². The topological polar surface area (TPSA) is 101 Å². The van der Waals surface area contributed by atoms with Crippen molar-refractivity contribution in [3.8, 4) is 0 Å². The van der Waals surface area contributed by atoms with E-state index < -0.39 is 10.0 Å². The second-order valence-electron chi connectivity index (χ2n) is 5.99. The highest BCUT2D eigenvalue weighted by Crippen LogP contribution is 2.23. The third kappa shape index (κ3) is 3.36. The molecule has 1 saturated heterocycles. The van der Waals surface area contributed by atoms with Gasteiger partial charge in [0.15, 0.2) is 0 Å². The van der Waals surface area contributed by atoms with Crippen molar-refractivity contribution in [2.75, 3.05) is 23.1 Å². The number of nitrogens with one attached hydrogen (secondary N) is 3. The Bertz CT molecular complexity index is 822. The number of aromatic nitrogens is 3. The Morgan fingerprint density at radius 3 is 2.67 bits per heavy atom. The zero-order chi connectivity index (χ0) is 17.3. The van der Waals surface area contributed by atoms with Crippen LogP contribution in [-0.4, -0.2) is 42.3 Å². The van der Waals surface area contributed by atoms with Gasteiger partial charge in [-0.25, -0.2) is 13.4 Å². The maximum atomic E-state index is 12.6. The van der Waals surface area contributed by atoms with Gasteiger partial charge in [-0.05, 0) is 38.9 Å². The molecule has 9 heteroatoms. The standard InChI is InChI=1S/C15H22N6O2S/c1-10-15(11(2)21(3)19-10)20-24(22,23)13-4-5-14(17-9-13)18-12-6-7-16-8-12/h4-5,9,12,16,20H,6-8H2,1-3H3,(H,17,18). The van der Waals surface area contributed by atoms with Crippen LogP contribution in [-0.2, 0) is 17.1 Å². The summed E-state index contributed by atoms with van der Waals surface area (Å²) < 4.78 is 29.4. The van der Waals surface area contributed by atoms with Gasteiger partial charge in [-0.1, -0.05) is 0 Å². The zero-order valence-electron chi connectivity index (χ0n) is 14.0. The number of nitrogens with zero attached hydrogens (tertiary/aromatic N) is 3. The molecule has 1 aliphatic rings. The molecule has 1 fully saturated rings. The Morgan fingerprint density at radius 2 is 2.12 bits per heavy atom. The van der Waals surface area contributed by atoms with Gasteiger partial charge in [0.1, 0.15) is 10.7 Å². The first kappa shape index (κ1) is 16.7. The highest BCUT2D eigenvalue weighted by molar-refractivity contribution is 7.92. The second-order valence-corrected chi connectivity index (χ2v) is 7.67. The first-order valence-corrected chi connectivity index (χ1v) is 9.31. The van der Waals surface area contributed by atoms with Crippen LogP contribution in [0.2, 0.25) is 0 Å². The molecule has 1 atom stereocenters. The molecule has 0 amide bonds. The van der Waals surface area contributed by atoms with Crippen LogP contribution in [0.4, 0.5) is 11.5 Å². The van der Waals surface area contributed by atoms with E-state index in [1.54, 1.807) is 30.8 Å². The van der Waals surface area contributed by atoms with Gasteiger partial charge in [-0.3, -0.25) is 9.40 Å². The van der Waals surface area contributed by atoms with Crippen LogP contribution < -0.4 is 15.4 Å². The van der Waals surface area contributed by atoms with Crippen molar-refractivity contribution in [2.45, 2.75) is 31.2 Å². The molecule has 8 nitrogen and oxygen atoms in total. The molecule has 3 N–H and O–H groups in total. The molecule has 0 aromatic carbocycles. The predicted molar refractivity (Wildman–Crippen MR) is 92.6 cm³/mol. The Kier molecular flexibility index (Phi) is 4.46. The van der Waals surface area contributed by atoms with Gasteiger partial charge >= 0.3 is 0 Å². The predicted octanol–water partition coefficient (Wildman–Crippen LogP) is 1.01. The smallest absolute Gasteiger partial charge is 0.263 e. The van der Waals surface area contributed by atoms with E-state index in [0.717, 1.165) is 25.2 Å². The van der Waals surface area contributed by atoms with Gasteiger partial charge in [0.2, 0.25) is 0 Å². The average Bonchev–Trinajstić information content (AvgIpc) is 3.12. The summed E-state index contributed by atoms with van der Waals surface area (Å²) in [6, 6.07) is 3.58. The number of sulfonamides is 1. The summed E-state index contributed by atoms with van der Waals surface area (Å²) in [5.74, 6) is 0.677. The molecule has 0 spiro atoms. The lowest BCUT2D eigenvalue weighted by atomic mass is 10.2. The molecular weight excluding hydrogens is 328 g/mol. The molecule has 1 unspecified atom stereocenters. The van der Waals surface area contributed by atoms with Crippen LogP contribution in [0.15, 0.2) is 23.2 Å². The Hall–Kier alpha value is -2.13. The molecule has 2 aromatic rings.